The highest BCUT2D eigenvalue weighted by molar-refractivity contribution is 5.73. The first-order valence-electron chi connectivity index (χ1n) is 4.02. The number of nitrogens with zero attached hydrogens (tertiary/aromatic N) is 1. The van der Waals surface area contributed by atoms with Gasteiger partial charge in [0.1, 0.15) is 0 Å². The normalized spacial score (nSPS) is 13.5. The van der Waals surface area contributed by atoms with Crippen LogP contribution in [0.3, 0.4) is 0 Å². The number of carbonyl (C=O) groups is 1. The molecule has 0 aliphatic carbocycles. The Hall–Kier alpha value is -0.570. The molecule has 0 bridgehead atoms. The summed E-state index contributed by atoms with van der Waals surface area (Å²) in [5, 5.41) is 0. The molecule has 3 nitrogen and oxygen atoms in total. The summed E-state index contributed by atoms with van der Waals surface area (Å²) in [4.78, 5) is 12.6. The van der Waals surface area contributed by atoms with Crippen LogP contribution in [0.15, 0.2) is 0 Å². The standard InChI is InChI=1S/C8H18N2O/c1-4-7(10(2)3)5-6-8(9)11/h7H,4-6H2,1-3H3,(H2,9,11). The summed E-state index contributed by atoms with van der Waals surface area (Å²) >= 11 is 0. The summed E-state index contributed by atoms with van der Waals surface area (Å²) in [6.45, 7) is 2.12. The summed E-state index contributed by atoms with van der Waals surface area (Å²) < 4.78 is 0. The van der Waals surface area contributed by atoms with Crippen LogP contribution in [0.4, 0.5) is 0 Å². The average Bonchev–Trinajstić information content (AvgIpc) is 1.87. The van der Waals surface area contributed by atoms with Crippen molar-refractivity contribution >= 4 is 5.91 Å². The molecule has 0 aromatic carbocycles. The molecule has 0 aromatic heterocycles. The van der Waals surface area contributed by atoms with E-state index in [-0.39, 0.29) is 5.91 Å². The van der Waals surface area contributed by atoms with E-state index in [1.165, 1.54) is 0 Å². The molecule has 1 atom stereocenters. The van der Waals surface area contributed by atoms with E-state index >= 15 is 0 Å². The fraction of sp³-hybridized carbons (Fsp3) is 0.875. The van der Waals surface area contributed by atoms with Crippen LogP contribution in [0.2, 0.25) is 0 Å². The number of hydrogen-bond acceptors (Lipinski definition) is 2. The summed E-state index contributed by atoms with van der Waals surface area (Å²) in [6.07, 6.45) is 2.44. The molecule has 1 amide bonds. The van der Waals surface area contributed by atoms with Crippen LogP contribution in [0, 0.1) is 0 Å². The van der Waals surface area contributed by atoms with Crippen molar-refractivity contribution in [3.8, 4) is 0 Å². The lowest BCUT2D eigenvalue weighted by Crippen LogP contribution is -2.28. The lowest BCUT2D eigenvalue weighted by atomic mass is 10.1. The first-order chi connectivity index (χ1) is 5.07. The van der Waals surface area contributed by atoms with Gasteiger partial charge in [0, 0.05) is 12.5 Å². The van der Waals surface area contributed by atoms with Crippen LogP contribution in [0.1, 0.15) is 26.2 Å². The van der Waals surface area contributed by atoms with Gasteiger partial charge < -0.3 is 10.6 Å². The predicted octanol–water partition coefficient (Wildman–Crippen LogP) is 0.592. The molecule has 0 spiro atoms. The van der Waals surface area contributed by atoms with Crippen LogP contribution >= 0.6 is 0 Å². The molecule has 0 radical (unpaired) electrons. The van der Waals surface area contributed by atoms with Gasteiger partial charge in [0.25, 0.3) is 0 Å². The molecule has 0 saturated carbocycles. The number of nitrogens with two attached hydrogens (primary N) is 1. The highest BCUT2D eigenvalue weighted by Gasteiger charge is 2.08. The molecule has 2 N–H and O–H groups in total. The lowest BCUT2D eigenvalue weighted by Gasteiger charge is -2.21. The van der Waals surface area contributed by atoms with Crippen molar-refractivity contribution in [2.75, 3.05) is 14.1 Å². The number of hydrogen-bond donors (Lipinski definition) is 1. The van der Waals surface area contributed by atoms with Gasteiger partial charge in [-0.3, -0.25) is 4.79 Å². The maximum Gasteiger partial charge on any atom is 0.217 e. The van der Waals surface area contributed by atoms with Crippen LogP contribution in [0.5, 0.6) is 0 Å². The summed E-state index contributed by atoms with van der Waals surface area (Å²) in [5.74, 6) is -0.203. The lowest BCUT2D eigenvalue weighted by molar-refractivity contribution is -0.118. The van der Waals surface area contributed by atoms with Crippen molar-refractivity contribution in [2.45, 2.75) is 32.2 Å². The SMILES string of the molecule is CCC(CCC(N)=O)N(C)C. The quantitative estimate of drug-likeness (QED) is 0.636. The van der Waals surface area contributed by atoms with Gasteiger partial charge in [-0.05, 0) is 26.9 Å². The zero-order valence-corrected chi connectivity index (χ0v) is 7.63. The third-order valence-electron chi connectivity index (χ3n) is 1.93. The minimum atomic E-state index is -0.203. The Balaban J connectivity index is 3.61. The molecule has 0 heterocycles. The van der Waals surface area contributed by atoms with E-state index < -0.39 is 0 Å². The second-order valence-electron chi connectivity index (χ2n) is 3.03. The number of rotatable bonds is 5. The van der Waals surface area contributed by atoms with Gasteiger partial charge in [0.15, 0.2) is 0 Å². The van der Waals surface area contributed by atoms with E-state index in [0.717, 1.165) is 12.8 Å². The van der Waals surface area contributed by atoms with E-state index in [1.807, 2.05) is 14.1 Å². The highest BCUT2D eigenvalue weighted by Crippen LogP contribution is 2.06. The fourth-order valence-electron chi connectivity index (χ4n) is 1.14. The van der Waals surface area contributed by atoms with E-state index in [9.17, 15) is 4.79 Å². The molecule has 0 rings (SSSR count). The number of primary amides is 1. The second kappa shape index (κ2) is 5.13. The van der Waals surface area contributed by atoms with Gasteiger partial charge in [-0.25, -0.2) is 0 Å². The van der Waals surface area contributed by atoms with Crippen molar-refractivity contribution in [2.24, 2.45) is 5.73 Å². The zero-order valence-electron chi connectivity index (χ0n) is 7.63. The Morgan fingerprint density at radius 2 is 2.09 bits per heavy atom. The molecule has 3 heteroatoms. The first kappa shape index (κ1) is 10.4. The van der Waals surface area contributed by atoms with Crippen LogP contribution in [-0.4, -0.2) is 30.9 Å². The van der Waals surface area contributed by atoms with Crippen molar-refractivity contribution in [1.29, 1.82) is 0 Å². The Bertz CT molecular complexity index is 123. The number of amides is 1. The minimum absolute atomic E-state index is 0.203. The maximum absolute atomic E-state index is 10.4. The molecule has 0 fully saturated rings. The molecule has 66 valence electrons. The largest absolute Gasteiger partial charge is 0.370 e. The number of carbonyl (C=O) groups excluding carboxylic acids is 1. The highest BCUT2D eigenvalue weighted by atomic mass is 16.1. The Morgan fingerprint density at radius 3 is 2.36 bits per heavy atom. The van der Waals surface area contributed by atoms with E-state index in [0.29, 0.717) is 12.5 Å². The van der Waals surface area contributed by atoms with Crippen molar-refractivity contribution in [3.63, 3.8) is 0 Å². The third kappa shape index (κ3) is 4.79. The van der Waals surface area contributed by atoms with Gasteiger partial charge >= 0.3 is 0 Å². The predicted molar refractivity (Wildman–Crippen MR) is 46.2 cm³/mol. The van der Waals surface area contributed by atoms with Gasteiger partial charge in [-0.15, -0.1) is 0 Å². The van der Waals surface area contributed by atoms with E-state index in [4.69, 9.17) is 5.73 Å². The second-order valence-corrected chi connectivity index (χ2v) is 3.03. The van der Waals surface area contributed by atoms with Crippen molar-refractivity contribution in [3.05, 3.63) is 0 Å². The molecule has 0 saturated heterocycles. The fourth-order valence-corrected chi connectivity index (χ4v) is 1.14. The molecular weight excluding hydrogens is 140 g/mol. The topological polar surface area (TPSA) is 46.3 Å². The molecule has 0 aliphatic heterocycles. The molecule has 1 unspecified atom stereocenters. The minimum Gasteiger partial charge on any atom is -0.370 e. The Kier molecular flexibility index (Phi) is 4.86. The summed E-state index contributed by atoms with van der Waals surface area (Å²) in [6, 6.07) is 0.488. The summed E-state index contributed by atoms with van der Waals surface area (Å²) in [5.41, 5.74) is 5.04. The van der Waals surface area contributed by atoms with E-state index in [2.05, 4.69) is 11.8 Å². The molecule has 0 aliphatic rings. The Labute approximate surface area is 68.6 Å². The van der Waals surface area contributed by atoms with Crippen molar-refractivity contribution < 1.29 is 4.79 Å². The van der Waals surface area contributed by atoms with Gasteiger partial charge in [-0.2, -0.15) is 0 Å². The monoisotopic (exact) mass is 158 g/mol. The van der Waals surface area contributed by atoms with E-state index in [1.54, 1.807) is 0 Å². The average molecular weight is 158 g/mol. The molecule has 0 aromatic rings. The summed E-state index contributed by atoms with van der Waals surface area (Å²) in [7, 11) is 4.05. The smallest absolute Gasteiger partial charge is 0.217 e. The van der Waals surface area contributed by atoms with Crippen LogP contribution in [-0.2, 0) is 4.79 Å². The van der Waals surface area contributed by atoms with Gasteiger partial charge in [0.2, 0.25) is 5.91 Å². The first-order valence-corrected chi connectivity index (χ1v) is 4.02. The van der Waals surface area contributed by atoms with Crippen LogP contribution in [0.25, 0.3) is 0 Å². The molecule has 11 heavy (non-hydrogen) atoms. The zero-order chi connectivity index (χ0) is 8.85. The molecular formula is C8H18N2O. The van der Waals surface area contributed by atoms with Crippen molar-refractivity contribution in [1.82, 2.24) is 4.90 Å². The van der Waals surface area contributed by atoms with Gasteiger partial charge in [-0.1, -0.05) is 6.92 Å². The Morgan fingerprint density at radius 1 is 1.55 bits per heavy atom. The van der Waals surface area contributed by atoms with Gasteiger partial charge in [0.05, 0.1) is 0 Å². The van der Waals surface area contributed by atoms with Crippen LogP contribution < -0.4 is 5.73 Å². The third-order valence-corrected chi connectivity index (χ3v) is 1.93. The maximum atomic E-state index is 10.4.